The highest BCUT2D eigenvalue weighted by atomic mass is 32.1. The van der Waals surface area contributed by atoms with Gasteiger partial charge in [0.15, 0.2) is 0 Å². The molecule has 2 saturated heterocycles. The van der Waals surface area contributed by atoms with E-state index in [0.717, 1.165) is 51.9 Å². The molecule has 1 spiro atoms. The van der Waals surface area contributed by atoms with Crippen LogP contribution in [-0.4, -0.2) is 59.6 Å². The molecular weight excluding hydrogens is 334 g/mol. The molecule has 0 N–H and O–H groups in total. The van der Waals surface area contributed by atoms with Crippen molar-refractivity contribution in [3.63, 3.8) is 0 Å². The molecule has 1 saturated carbocycles. The van der Waals surface area contributed by atoms with Gasteiger partial charge in [0.25, 0.3) is 0 Å². The zero-order valence-corrected chi connectivity index (χ0v) is 16.0. The Morgan fingerprint density at radius 3 is 2.96 bits per heavy atom. The van der Waals surface area contributed by atoms with Gasteiger partial charge in [0.05, 0.1) is 19.1 Å². The standard InChI is InChI=1S/C19H29N3O2S/c1-21(14-17-20-7-11-25-17)16-13-19(16)5-8-22(9-6-19)18(23)12-15-4-2-3-10-24-15/h7,11,15-16H,2-6,8-10,12-14H2,1H3. The molecule has 2 atom stereocenters. The Labute approximate surface area is 154 Å². The number of hydrogen-bond acceptors (Lipinski definition) is 5. The van der Waals surface area contributed by atoms with Gasteiger partial charge in [-0.15, -0.1) is 11.3 Å². The molecule has 1 amide bonds. The molecule has 3 fully saturated rings. The lowest BCUT2D eigenvalue weighted by atomic mass is 9.92. The van der Waals surface area contributed by atoms with Crippen molar-refractivity contribution in [1.82, 2.24) is 14.8 Å². The van der Waals surface area contributed by atoms with Gasteiger partial charge in [0.2, 0.25) is 5.91 Å². The summed E-state index contributed by atoms with van der Waals surface area (Å²) in [6.45, 7) is 3.63. The molecule has 3 heterocycles. The van der Waals surface area contributed by atoms with Crippen molar-refractivity contribution in [2.75, 3.05) is 26.7 Å². The molecule has 2 aliphatic heterocycles. The first-order chi connectivity index (χ1) is 12.2. The molecule has 0 bridgehead atoms. The van der Waals surface area contributed by atoms with Crippen LogP contribution in [0.25, 0.3) is 0 Å². The summed E-state index contributed by atoms with van der Waals surface area (Å²) in [5, 5.41) is 3.25. The monoisotopic (exact) mass is 363 g/mol. The summed E-state index contributed by atoms with van der Waals surface area (Å²) in [6, 6.07) is 0.662. The van der Waals surface area contributed by atoms with Crippen LogP contribution < -0.4 is 0 Å². The maximum absolute atomic E-state index is 12.6. The second kappa shape index (κ2) is 7.33. The second-order valence-electron chi connectivity index (χ2n) is 8.00. The quantitative estimate of drug-likeness (QED) is 0.807. The molecule has 25 heavy (non-hydrogen) atoms. The van der Waals surface area contributed by atoms with Crippen LogP contribution in [0.5, 0.6) is 0 Å². The highest BCUT2D eigenvalue weighted by Gasteiger charge is 2.56. The Morgan fingerprint density at radius 1 is 1.44 bits per heavy atom. The van der Waals surface area contributed by atoms with Crippen molar-refractivity contribution in [1.29, 1.82) is 0 Å². The Morgan fingerprint density at radius 2 is 2.28 bits per heavy atom. The molecule has 5 nitrogen and oxygen atoms in total. The minimum Gasteiger partial charge on any atom is -0.378 e. The van der Waals surface area contributed by atoms with Crippen LogP contribution in [0.1, 0.15) is 50.0 Å². The van der Waals surface area contributed by atoms with E-state index in [4.69, 9.17) is 4.74 Å². The van der Waals surface area contributed by atoms with Gasteiger partial charge in [-0.05, 0) is 51.0 Å². The minimum atomic E-state index is 0.162. The Hall–Kier alpha value is -0.980. The number of ether oxygens (including phenoxy) is 1. The van der Waals surface area contributed by atoms with Crippen LogP contribution in [0.4, 0.5) is 0 Å². The van der Waals surface area contributed by atoms with E-state index < -0.39 is 0 Å². The maximum atomic E-state index is 12.6. The zero-order valence-electron chi connectivity index (χ0n) is 15.2. The van der Waals surface area contributed by atoms with Gasteiger partial charge in [-0.2, -0.15) is 0 Å². The van der Waals surface area contributed by atoms with E-state index in [9.17, 15) is 4.79 Å². The molecule has 1 aliphatic carbocycles. The Kier molecular flexibility index (Phi) is 5.11. The number of carbonyl (C=O) groups excluding carboxylic acids is 1. The van der Waals surface area contributed by atoms with E-state index in [1.165, 1.54) is 17.8 Å². The summed E-state index contributed by atoms with van der Waals surface area (Å²) in [5.74, 6) is 0.301. The second-order valence-corrected chi connectivity index (χ2v) is 8.98. The Bertz CT molecular complexity index is 577. The van der Waals surface area contributed by atoms with Crippen LogP contribution in [0.15, 0.2) is 11.6 Å². The molecule has 4 rings (SSSR count). The average Bonchev–Trinajstić information content (AvgIpc) is 3.08. The van der Waals surface area contributed by atoms with Gasteiger partial charge in [-0.1, -0.05) is 0 Å². The van der Waals surface area contributed by atoms with Crippen molar-refractivity contribution in [2.24, 2.45) is 5.41 Å². The summed E-state index contributed by atoms with van der Waals surface area (Å²) >= 11 is 1.73. The lowest BCUT2D eigenvalue weighted by molar-refractivity contribution is -0.136. The van der Waals surface area contributed by atoms with Gasteiger partial charge < -0.3 is 9.64 Å². The Balaban J connectivity index is 1.24. The van der Waals surface area contributed by atoms with E-state index in [-0.39, 0.29) is 6.10 Å². The molecule has 3 aliphatic rings. The van der Waals surface area contributed by atoms with Gasteiger partial charge in [0, 0.05) is 37.3 Å². The van der Waals surface area contributed by atoms with Crippen molar-refractivity contribution in [2.45, 2.75) is 63.6 Å². The summed E-state index contributed by atoms with van der Waals surface area (Å²) < 4.78 is 5.73. The normalized spacial score (nSPS) is 28.5. The molecule has 1 aromatic heterocycles. The first-order valence-electron chi connectivity index (χ1n) is 9.64. The van der Waals surface area contributed by atoms with Gasteiger partial charge in [-0.25, -0.2) is 4.98 Å². The summed E-state index contributed by atoms with van der Waals surface area (Å²) in [7, 11) is 2.22. The SMILES string of the molecule is CN(Cc1nccs1)C1CC12CCN(C(=O)CC1CCCCO1)CC2. The lowest BCUT2D eigenvalue weighted by Gasteiger charge is -2.35. The fourth-order valence-corrected chi connectivity index (χ4v) is 5.31. The number of aromatic nitrogens is 1. The third kappa shape index (κ3) is 3.91. The number of piperidine rings is 1. The minimum absolute atomic E-state index is 0.162. The third-order valence-corrected chi connectivity index (χ3v) is 7.10. The zero-order chi connectivity index (χ0) is 17.3. The van der Waals surface area contributed by atoms with Crippen molar-refractivity contribution < 1.29 is 9.53 Å². The smallest absolute Gasteiger partial charge is 0.225 e. The highest BCUT2D eigenvalue weighted by molar-refractivity contribution is 7.09. The number of amides is 1. The van der Waals surface area contributed by atoms with Crippen LogP contribution in [0, 0.1) is 5.41 Å². The first-order valence-corrected chi connectivity index (χ1v) is 10.5. The van der Waals surface area contributed by atoms with Crippen LogP contribution in [-0.2, 0) is 16.1 Å². The van der Waals surface area contributed by atoms with E-state index in [0.29, 0.717) is 23.8 Å². The fourth-order valence-electron chi connectivity index (χ4n) is 4.64. The van der Waals surface area contributed by atoms with Crippen molar-refractivity contribution in [3.05, 3.63) is 16.6 Å². The molecule has 1 aromatic rings. The number of rotatable bonds is 5. The lowest BCUT2D eigenvalue weighted by Crippen LogP contribution is -2.42. The predicted octanol–water partition coefficient (Wildman–Crippen LogP) is 2.92. The van der Waals surface area contributed by atoms with Gasteiger partial charge in [-0.3, -0.25) is 9.69 Å². The largest absolute Gasteiger partial charge is 0.378 e. The summed E-state index contributed by atoms with van der Waals surface area (Å²) in [4.78, 5) is 21.5. The highest BCUT2D eigenvalue weighted by Crippen LogP contribution is 2.56. The summed E-state index contributed by atoms with van der Waals surface area (Å²) in [5.41, 5.74) is 0.449. The number of thiazole rings is 1. The first kappa shape index (κ1) is 17.4. The number of carbonyl (C=O) groups is 1. The number of hydrogen-bond donors (Lipinski definition) is 0. The molecule has 0 aromatic carbocycles. The average molecular weight is 364 g/mol. The summed E-state index contributed by atoms with van der Waals surface area (Å²) in [6.07, 6.45) is 9.61. The number of likely N-dealkylation sites (tertiary alicyclic amines) is 1. The topological polar surface area (TPSA) is 45.7 Å². The predicted molar refractivity (Wildman–Crippen MR) is 98.4 cm³/mol. The molecule has 138 valence electrons. The van der Waals surface area contributed by atoms with Crippen LogP contribution in [0.3, 0.4) is 0 Å². The van der Waals surface area contributed by atoms with E-state index in [1.54, 1.807) is 11.3 Å². The molecule has 2 unspecified atom stereocenters. The molecular formula is C19H29N3O2S. The van der Waals surface area contributed by atoms with Crippen LogP contribution >= 0.6 is 11.3 Å². The maximum Gasteiger partial charge on any atom is 0.225 e. The van der Waals surface area contributed by atoms with E-state index in [2.05, 4.69) is 21.8 Å². The van der Waals surface area contributed by atoms with Gasteiger partial charge in [0.1, 0.15) is 5.01 Å². The van der Waals surface area contributed by atoms with E-state index >= 15 is 0 Å². The van der Waals surface area contributed by atoms with Gasteiger partial charge >= 0.3 is 0 Å². The molecule has 0 radical (unpaired) electrons. The number of nitrogens with zero attached hydrogens (tertiary/aromatic N) is 3. The van der Waals surface area contributed by atoms with Crippen molar-refractivity contribution in [3.8, 4) is 0 Å². The van der Waals surface area contributed by atoms with E-state index in [1.807, 2.05) is 11.6 Å². The van der Waals surface area contributed by atoms with Crippen LogP contribution in [0.2, 0.25) is 0 Å². The third-order valence-electron chi connectivity index (χ3n) is 6.34. The van der Waals surface area contributed by atoms with Crippen molar-refractivity contribution >= 4 is 17.2 Å². The fraction of sp³-hybridized carbons (Fsp3) is 0.789. The molecule has 6 heteroatoms.